The SMILES string of the molecule is O=C(Cc1ccc(Cl)cc1)Nc1cccc(F)c1I. The molecule has 0 saturated carbocycles. The predicted octanol–water partition coefficient (Wildman–Crippen LogP) is 4.26. The molecule has 0 aliphatic heterocycles. The Kier molecular flexibility index (Phi) is 4.76. The normalized spacial score (nSPS) is 10.3. The second-order valence-electron chi connectivity index (χ2n) is 3.95. The Morgan fingerprint density at radius 3 is 2.58 bits per heavy atom. The summed E-state index contributed by atoms with van der Waals surface area (Å²) in [4.78, 5) is 11.9. The Morgan fingerprint density at radius 1 is 1.21 bits per heavy atom. The zero-order valence-corrected chi connectivity index (χ0v) is 12.7. The lowest BCUT2D eigenvalue weighted by molar-refractivity contribution is -0.115. The van der Waals surface area contributed by atoms with Crippen LogP contribution in [0.5, 0.6) is 0 Å². The fourth-order valence-corrected chi connectivity index (χ4v) is 2.20. The summed E-state index contributed by atoms with van der Waals surface area (Å²) in [5, 5.41) is 3.32. The van der Waals surface area contributed by atoms with Crippen LogP contribution in [0.3, 0.4) is 0 Å². The third-order valence-corrected chi connectivity index (χ3v) is 3.85. The van der Waals surface area contributed by atoms with E-state index in [-0.39, 0.29) is 18.1 Å². The van der Waals surface area contributed by atoms with Crippen LogP contribution in [0.2, 0.25) is 5.02 Å². The van der Waals surface area contributed by atoms with Gasteiger partial charge in [-0.05, 0) is 52.4 Å². The minimum absolute atomic E-state index is 0.189. The summed E-state index contributed by atoms with van der Waals surface area (Å²) in [6, 6.07) is 11.6. The number of amides is 1. The molecular formula is C14H10ClFINO. The fourth-order valence-electron chi connectivity index (χ4n) is 1.58. The fraction of sp³-hybridized carbons (Fsp3) is 0.0714. The molecule has 0 aliphatic carbocycles. The molecule has 0 saturated heterocycles. The van der Waals surface area contributed by atoms with E-state index in [4.69, 9.17) is 11.6 Å². The van der Waals surface area contributed by atoms with E-state index in [0.717, 1.165) is 5.56 Å². The van der Waals surface area contributed by atoms with Gasteiger partial charge in [-0.2, -0.15) is 0 Å². The van der Waals surface area contributed by atoms with E-state index in [2.05, 4.69) is 5.32 Å². The summed E-state index contributed by atoms with van der Waals surface area (Å²) in [5.41, 5.74) is 1.34. The first-order valence-corrected chi connectivity index (χ1v) is 7.00. The van der Waals surface area contributed by atoms with Crippen molar-refractivity contribution in [2.45, 2.75) is 6.42 Å². The van der Waals surface area contributed by atoms with Crippen LogP contribution in [0.15, 0.2) is 42.5 Å². The smallest absolute Gasteiger partial charge is 0.228 e. The zero-order valence-electron chi connectivity index (χ0n) is 9.79. The van der Waals surface area contributed by atoms with Crippen LogP contribution >= 0.6 is 34.2 Å². The van der Waals surface area contributed by atoms with E-state index in [0.29, 0.717) is 14.3 Å². The highest BCUT2D eigenvalue weighted by atomic mass is 127. The minimum Gasteiger partial charge on any atom is -0.325 e. The third-order valence-electron chi connectivity index (χ3n) is 2.50. The monoisotopic (exact) mass is 389 g/mol. The van der Waals surface area contributed by atoms with Crippen LogP contribution in [0.1, 0.15) is 5.56 Å². The van der Waals surface area contributed by atoms with E-state index in [1.54, 1.807) is 36.4 Å². The maximum atomic E-state index is 13.3. The van der Waals surface area contributed by atoms with Crippen LogP contribution in [-0.4, -0.2) is 5.91 Å². The van der Waals surface area contributed by atoms with Crippen LogP contribution in [0.4, 0.5) is 10.1 Å². The molecule has 0 aliphatic rings. The molecule has 2 aromatic carbocycles. The van der Waals surface area contributed by atoms with E-state index in [1.807, 2.05) is 22.6 Å². The van der Waals surface area contributed by atoms with Crippen molar-refractivity contribution < 1.29 is 9.18 Å². The summed E-state index contributed by atoms with van der Waals surface area (Å²) in [6.45, 7) is 0. The molecule has 2 rings (SSSR count). The molecule has 0 fully saturated rings. The highest BCUT2D eigenvalue weighted by Gasteiger charge is 2.09. The lowest BCUT2D eigenvalue weighted by Crippen LogP contribution is -2.15. The minimum atomic E-state index is -0.343. The van der Waals surface area contributed by atoms with Crippen LogP contribution in [-0.2, 0) is 11.2 Å². The van der Waals surface area contributed by atoms with E-state index >= 15 is 0 Å². The van der Waals surface area contributed by atoms with Crippen LogP contribution in [0, 0.1) is 9.39 Å². The Morgan fingerprint density at radius 2 is 1.89 bits per heavy atom. The molecule has 0 atom stereocenters. The van der Waals surface area contributed by atoms with Crippen molar-refractivity contribution >= 4 is 45.8 Å². The van der Waals surface area contributed by atoms with Gasteiger partial charge in [-0.1, -0.05) is 29.8 Å². The number of anilines is 1. The number of nitrogens with one attached hydrogen (secondary N) is 1. The van der Waals surface area contributed by atoms with Crippen molar-refractivity contribution in [1.29, 1.82) is 0 Å². The first kappa shape index (κ1) is 14.3. The molecule has 1 N–H and O–H groups in total. The Balaban J connectivity index is 2.05. The second kappa shape index (κ2) is 6.34. The summed E-state index contributed by atoms with van der Waals surface area (Å²) in [6.07, 6.45) is 0.226. The van der Waals surface area contributed by atoms with Crippen molar-refractivity contribution in [3.8, 4) is 0 Å². The third kappa shape index (κ3) is 3.91. The molecule has 0 radical (unpaired) electrons. The Bertz CT molecular complexity index is 601. The lowest BCUT2D eigenvalue weighted by atomic mass is 10.1. The molecule has 0 spiro atoms. The van der Waals surface area contributed by atoms with Gasteiger partial charge in [-0.3, -0.25) is 4.79 Å². The van der Waals surface area contributed by atoms with Gasteiger partial charge in [-0.15, -0.1) is 0 Å². The number of rotatable bonds is 3. The first-order valence-electron chi connectivity index (χ1n) is 5.54. The number of carbonyl (C=O) groups is 1. The average Bonchev–Trinajstić information content (AvgIpc) is 2.38. The molecule has 98 valence electrons. The van der Waals surface area contributed by atoms with Gasteiger partial charge in [0, 0.05) is 5.02 Å². The van der Waals surface area contributed by atoms with Crippen molar-refractivity contribution in [3.05, 3.63) is 62.4 Å². The van der Waals surface area contributed by atoms with Crippen LogP contribution < -0.4 is 5.32 Å². The van der Waals surface area contributed by atoms with Crippen LogP contribution in [0.25, 0.3) is 0 Å². The number of halogens is 3. The Labute approximate surface area is 129 Å². The number of carbonyl (C=O) groups excluding carboxylic acids is 1. The highest BCUT2D eigenvalue weighted by molar-refractivity contribution is 14.1. The number of benzene rings is 2. The average molecular weight is 390 g/mol. The van der Waals surface area contributed by atoms with E-state index in [9.17, 15) is 9.18 Å². The summed E-state index contributed by atoms with van der Waals surface area (Å²) < 4.78 is 13.7. The van der Waals surface area contributed by atoms with Gasteiger partial charge >= 0.3 is 0 Å². The van der Waals surface area contributed by atoms with Gasteiger partial charge in [0.2, 0.25) is 5.91 Å². The van der Waals surface area contributed by atoms with Crippen molar-refractivity contribution in [2.75, 3.05) is 5.32 Å². The summed E-state index contributed by atoms with van der Waals surface area (Å²) in [5.74, 6) is -0.532. The van der Waals surface area contributed by atoms with Crippen molar-refractivity contribution in [1.82, 2.24) is 0 Å². The summed E-state index contributed by atoms with van der Waals surface area (Å²) >= 11 is 7.64. The standard InChI is InChI=1S/C14H10ClFINO/c15-10-6-4-9(5-7-10)8-13(19)18-12-3-1-2-11(16)14(12)17/h1-7H,8H2,(H,18,19). The molecule has 5 heteroatoms. The molecule has 2 nitrogen and oxygen atoms in total. The number of hydrogen-bond acceptors (Lipinski definition) is 1. The van der Waals surface area contributed by atoms with Gasteiger partial charge in [-0.25, -0.2) is 4.39 Å². The van der Waals surface area contributed by atoms with Gasteiger partial charge in [0.25, 0.3) is 0 Å². The maximum absolute atomic E-state index is 13.3. The lowest BCUT2D eigenvalue weighted by Gasteiger charge is -2.08. The van der Waals surface area contributed by atoms with Gasteiger partial charge in [0.1, 0.15) is 5.82 Å². The molecule has 2 aromatic rings. The van der Waals surface area contributed by atoms with E-state index < -0.39 is 0 Å². The van der Waals surface area contributed by atoms with Crippen molar-refractivity contribution in [2.24, 2.45) is 0 Å². The molecule has 1 amide bonds. The first-order chi connectivity index (χ1) is 9.06. The quantitative estimate of drug-likeness (QED) is 0.781. The van der Waals surface area contributed by atoms with Gasteiger partial charge in [0.15, 0.2) is 0 Å². The molecule has 0 unspecified atom stereocenters. The van der Waals surface area contributed by atoms with Crippen molar-refractivity contribution in [3.63, 3.8) is 0 Å². The largest absolute Gasteiger partial charge is 0.325 e. The predicted molar refractivity (Wildman–Crippen MR) is 82.9 cm³/mol. The second-order valence-corrected chi connectivity index (χ2v) is 5.47. The van der Waals surface area contributed by atoms with Gasteiger partial charge in [0.05, 0.1) is 15.7 Å². The molecule has 0 bridgehead atoms. The zero-order chi connectivity index (χ0) is 13.8. The maximum Gasteiger partial charge on any atom is 0.228 e. The Hall–Kier alpha value is -1.14. The molecule has 0 aromatic heterocycles. The molecule has 19 heavy (non-hydrogen) atoms. The molecule has 0 heterocycles. The number of hydrogen-bond donors (Lipinski definition) is 1. The topological polar surface area (TPSA) is 29.1 Å². The molecular weight excluding hydrogens is 380 g/mol. The van der Waals surface area contributed by atoms with Gasteiger partial charge < -0.3 is 5.32 Å². The highest BCUT2D eigenvalue weighted by Crippen LogP contribution is 2.21. The van der Waals surface area contributed by atoms with E-state index in [1.165, 1.54) is 6.07 Å². The summed E-state index contributed by atoms with van der Waals surface area (Å²) in [7, 11) is 0.